The smallest absolute Gasteiger partial charge is 0.0158 e. The van der Waals surface area contributed by atoms with E-state index in [1.54, 1.807) is 0 Å². The largest absolute Gasteiger partial charge is 0.330 e. The Labute approximate surface area is 99.0 Å². The molecule has 2 unspecified atom stereocenters. The lowest BCUT2D eigenvalue weighted by Gasteiger charge is -2.35. The molecule has 1 heterocycles. The van der Waals surface area contributed by atoms with Crippen LogP contribution in [0.15, 0.2) is 0 Å². The molecule has 1 fully saturated rings. The maximum atomic E-state index is 5.85. The summed E-state index contributed by atoms with van der Waals surface area (Å²) < 4.78 is 0. The van der Waals surface area contributed by atoms with E-state index in [0.717, 1.165) is 18.5 Å². The lowest BCUT2D eigenvalue weighted by Crippen LogP contribution is -2.44. The van der Waals surface area contributed by atoms with Gasteiger partial charge in [-0.1, -0.05) is 13.8 Å². The van der Waals surface area contributed by atoms with Crippen LogP contribution in [0.5, 0.6) is 0 Å². The van der Waals surface area contributed by atoms with Gasteiger partial charge in [0.15, 0.2) is 0 Å². The molecule has 3 heteroatoms. The Morgan fingerprint density at radius 1 is 1.47 bits per heavy atom. The van der Waals surface area contributed by atoms with Crippen LogP contribution in [-0.4, -0.2) is 42.1 Å². The number of hydrogen-bond acceptors (Lipinski definition) is 3. The van der Waals surface area contributed by atoms with Crippen molar-refractivity contribution in [2.75, 3.05) is 31.1 Å². The first-order valence-electron chi connectivity index (χ1n) is 6.15. The second kappa shape index (κ2) is 6.77. The van der Waals surface area contributed by atoms with Crippen LogP contribution in [0.3, 0.4) is 0 Å². The summed E-state index contributed by atoms with van der Waals surface area (Å²) in [6.45, 7) is 10.2. The molecule has 0 aromatic heterocycles. The topological polar surface area (TPSA) is 29.3 Å². The highest BCUT2D eigenvalue weighted by Crippen LogP contribution is 2.19. The quantitative estimate of drug-likeness (QED) is 0.784. The number of rotatable bonds is 5. The normalized spacial score (nSPS) is 25.8. The van der Waals surface area contributed by atoms with E-state index in [1.807, 2.05) is 0 Å². The molecule has 0 saturated carbocycles. The summed E-state index contributed by atoms with van der Waals surface area (Å²) >= 11 is 2.08. The molecule has 0 aliphatic carbocycles. The van der Waals surface area contributed by atoms with Crippen molar-refractivity contribution in [2.24, 2.45) is 17.6 Å². The molecule has 0 bridgehead atoms. The Balaban J connectivity index is 2.35. The Bertz CT molecular complexity index is 173. The van der Waals surface area contributed by atoms with Gasteiger partial charge in [-0.25, -0.2) is 0 Å². The van der Waals surface area contributed by atoms with Crippen molar-refractivity contribution in [3.05, 3.63) is 0 Å². The molecule has 0 radical (unpaired) electrons. The lowest BCUT2D eigenvalue weighted by molar-refractivity contribution is 0.186. The molecule has 1 aliphatic rings. The van der Waals surface area contributed by atoms with E-state index in [0.29, 0.717) is 5.92 Å². The van der Waals surface area contributed by atoms with Crippen LogP contribution < -0.4 is 5.73 Å². The van der Waals surface area contributed by atoms with Gasteiger partial charge in [-0.15, -0.1) is 0 Å². The van der Waals surface area contributed by atoms with Crippen molar-refractivity contribution in [1.29, 1.82) is 0 Å². The maximum Gasteiger partial charge on any atom is 0.0158 e. The molecular weight excluding hydrogens is 204 g/mol. The van der Waals surface area contributed by atoms with Crippen molar-refractivity contribution in [3.63, 3.8) is 0 Å². The third kappa shape index (κ3) is 4.75. The Hall–Kier alpha value is 0.270. The number of nitrogens with two attached hydrogens (primary N) is 1. The van der Waals surface area contributed by atoms with E-state index in [9.17, 15) is 0 Å². The molecule has 0 aromatic rings. The van der Waals surface area contributed by atoms with Crippen LogP contribution in [-0.2, 0) is 0 Å². The highest BCUT2D eigenvalue weighted by molar-refractivity contribution is 7.99. The predicted octanol–water partition coefficient (Wildman–Crippen LogP) is 2.04. The van der Waals surface area contributed by atoms with E-state index in [-0.39, 0.29) is 0 Å². The molecule has 1 saturated heterocycles. The SMILES string of the molecule is CC(C)CC(CN)CN1CCSCC1C. The molecule has 15 heavy (non-hydrogen) atoms. The number of hydrogen-bond donors (Lipinski definition) is 1. The van der Waals surface area contributed by atoms with Gasteiger partial charge in [-0.2, -0.15) is 11.8 Å². The highest BCUT2D eigenvalue weighted by atomic mass is 32.2. The molecule has 0 spiro atoms. The zero-order valence-corrected chi connectivity index (χ0v) is 11.2. The van der Waals surface area contributed by atoms with E-state index >= 15 is 0 Å². The van der Waals surface area contributed by atoms with E-state index in [1.165, 1.54) is 31.0 Å². The molecular formula is C12H26N2S. The third-order valence-corrected chi connectivity index (χ3v) is 4.33. The van der Waals surface area contributed by atoms with Gasteiger partial charge in [0.2, 0.25) is 0 Å². The van der Waals surface area contributed by atoms with Crippen LogP contribution >= 0.6 is 11.8 Å². The number of thioether (sulfide) groups is 1. The molecule has 2 nitrogen and oxygen atoms in total. The van der Waals surface area contributed by atoms with E-state index < -0.39 is 0 Å². The minimum absolute atomic E-state index is 0.690. The van der Waals surface area contributed by atoms with E-state index in [2.05, 4.69) is 37.4 Å². The van der Waals surface area contributed by atoms with Crippen molar-refractivity contribution in [3.8, 4) is 0 Å². The fraction of sp³-hybridized carbons (Fsp3) is 1.00. The summed E-state index contributed by atoms with van der Waals surface area (Å²) in [6, 6.07) is 0.741. The Morgan fingerprint density at radius 3 is 2.73 bits per heavy atom. The molecule has 1 aliphatic heterocycles. The van der Waals surface area contributed by atoms with Crippen LogP contribution in [0, 0.1) is 11.8 Å². The maximum absolute atomic E-state index is 5.85. The van der Waals surface area contributed by atoms with Gasteiger partial charge in [0, 0.05) is 30.6 Å². The summed E-state index contributed by atoms with van der Waals surface area (Å²) in [7, 11) is 0. The van der Waals surface area contributed by atoms with Gasteiger partial charge in [-0.3, -0.25) is 4.90 Å². The lowest BCUT2D eigenvalue weighted by atomic mass is 9.96. The average molecular weight is 230 g/mol. The van der Waals surface area contributed by atoms with Gasteiger partial charge in [-0.05, 0) is 31.7 Å². The Kier molecular flexibility index (Phi) is 6.02. The van der Waals surface area contributed by atoms with Crippen molar-refractivity contribution in [1.82, 2.24) is 4.90 Å². The highest BCUT2D eigenvalue weighted by Gasteiger charge is 2.21. The van der Waals surface area contributed by atoms with Gasteiger partial charge in [0.1, 0.15) is 0 Å². The van der Waals surface area contributed by atoms with Crippen LogP contribution in [0.2, 0.25) is 0 Å². The molecule has 90 valence electrons. The average Bonchev–Trinajstić information content (AvgIpc) is 2.19. The first-order valence-corrected chi connectivity index (χ1v) is 7.30. The summed E-state index contributed by atoms with van der Waals surface area (Å²) in [5.74, 6) is 4.05. The molecule has 0 amide bonds. The third-order valence-electron chi connectivity index (χ3n) is 3.14. The summed E-state index contributed by atoms with van der Waals surface area (Å²) in [5, 5.41) is 0. The van der Waals surface area contributed by atoms with E-state index in [4.69, 9.17) is 5.73 Å². The fourth-order valence-electron chi connectivity index (χ4n) is 2.28. The van der Waals surface area contributed by atoms with Crippen molar-refractivity contribution >= 4 is 11.8 Å². The minimum Gasteiger partial charge on any atom is -0.330 e. The zero-order valence-electron chi connectivity index (χ0n) is 10.4. The second-order valence-corrected chi connectivity index (χ2v) is 6.30. The van der Waals surface area contributed by atoms with Gasteiger partial charge < -0.3 is 5.73 Å². The molecule has 2 N–H and O–H groups in total. The van der Waals surface area contributed by atoms with Gasteiger partial charge in [0.05, 0.1) is 0 Å². The monoisotopic (exact) mass is 230 g/mol. The Morgan fingerprint density at radius 2 is 2.20 bits per heavy atom. The summed E-state index contributed by atoms with van der Waals surface area (Å²) in [6.07, 6.45) is 1.27. The predicted molar refractivity (Wildman–Crippen MR) is 70.4 cm³/mol. The van der Waals surface area contributed by atoms with Crippen LogP contribution in [0.4, 0.5) is 0 Å². The van der Waals surface area contributed by atoms with Crippen molar-refractivity contribution in [2.45, 2.75) is 33.2 Å². The first kappa shape index (κ1) is 13.3. The fourth-order valence-corrected chi connectivity index (χ4v) is 3.36. The molecule has 0 aromatic carbocycles. The minimum atomic E-state index is 0.690. The second-order valence-electron chi connectivity index (χ2n) is 5.15. The number of nitrogens with zero attached hydrogens (tertiary/aromatic N) is 1. The van der Waals surface area contributed by atoms with Gasteiger partial charge >= 0.3 is 0 Å². The standard InChI is InChI=1S/C12H26N2S/c1-10(2)6-12(7-13)8-14-4-5-15-9-11(14)3/h10-12H,4-9,13H2,1-3H3. The van der Waals surface area contributed by atoms with Crippen LogP contribution in [0.25, 0.3) is 0 Å². The summed E-state index contributed by atoms with van der Waals surface area (Å²) in [4.78, 5) is 2.62. The summed E-state index contributed by atoms with van der Waals surface area (Å²) in [5.41, 5.74) is 5.85. The van der Waals surface area contributed by atoms with Crippen molar-refractivity contribution < 1.29 is 0 Å². The molecule has 1 rings (SSSR count). The first-order chi connectivity index (χ1) is 7.13. The molecule has 2 atom stereocenters. The van der Waals surface area contributed by atoms with Gasteiger partial charge in [0.25, 0.3) is 0 Å². The zero-order chi connectivity index (χ0) is 11.3. The van der Waals surface area contributed by atoms with Crippen LogP contribution in [0.1, 0.15) is 27.2 Å².